The van der Waals surface area contributed by atoms with Gasteiger partial charge in [0.25, 0.3) is 0 Å². The number of hydrogen-bond donors (Lipinski definition) is 2. The van der Waals surface area contributed by atoms with Gasteiger partial charge in [-0.15, -0.1) is 0 Å². The van der Waals surface area contributed by atoms with Crippen molar-refractivity contribution in [3.05, 3.63) is 57.6 Å². The van der Waals surface area contributed by atoms with Crippen LogP contribution >= 0.6 is 15.9 Å². The van der Waals surface area contributed by atoms with Gasteiger partial charge in [-0.2, -0.15) is 0 Å². The lowest BCUT2D eigenvalue weighted by atomic mass is 10.1. The van der Waals surface area contributed by atoms with Crippen molar-refractivity contribution in [1.82, 2.24) is 0 Å². The van der Waals surface area contributed by atoms with Gasteiger partial charge in [0.2, 0.25) is 0 Å². The van der Waals surface area contributed by atoms with Gasteiger partial charge >= 0.3 is 0 Å². The van der Waals surface area contributed by atoms with Crippen molar-refractivity contribution in [1.29, 1.82) is 0 Å². The third kappa shape index (κ3) is 2.47. The zero-order valence-electron chi connectivity index (χ0n) is 10.8. The van der Waals surface area contributed by atoms with Crippen LogP contribution in [-0.4, -0.2) is 5.11 Å². The van der Waals surface area contributed by atoms with Crippen LogP contribution in [0.1, 0.15) is 29.2 Å². The van der Waals surface area contributed by atoms with Crippen molar-refractivity contribution in [2.45, 2.75) is 25.8 Å². The molecule has 1 aliphatic carbocycles. The molecule has 98 valence electrons. The molecule has 0 fully saturated rings. The topological polar surface area (TPSA) is 32.3 Å². The Morgan fingerprint density at radius 2 is 2.05 bits per heavy atom. The fourth-order valence-electron chi connectivity index (χ4n) is 2.64. The number of rotatable bonds is 2. The number of phenolic OH excluding ortho intramolecular Hbond substituents is 1. The van der Waals surface area contributed by atoms with Crippen LogP contribution in [0.2, 0.25) is 0 Å². The molecular formula is C16H16BrNO. The molecule has 0 aliphatic heterocycles. The number of anilines is 1. The molecule has 0 radical (unpaired) electrons. The Hall–Kier alpha value is -1.48. The monoisotopic (exact) mass is 317 g/mol. The van der Waals surface area contributed by atoms with E-state index in [1.54, 1.807) is 6.07 Å². The van der Waals surface area contributed by atoms with Gasteiger partial charge in [0.1, 0.15) is 5.75 Å². The van der Waals surface area contributed by atoms with Crippen molar-refractivity contribution in [3.63, 3.8) is 0 Å². The van der Waals surface area contributed by atoms with E-state index < -0.39 is 0 Å². The second-order valence-electron chi connectivity index (χ2n) is 5.08. The minimum atomic E-state index is 0.338. The molecule has 0 bridgehead atoms. The Balaban J connectivity index is 1.84. The third-order valence-electron chi connectivity index (χ3n) is 3.72. The number of phenols is 1. The van der Waals surface area contributed by atoms with Crippen molar-refractivity contribution < 1.29 is 5.11 Å². The maximum Gasteiger partial charge on any atom is 0.115 e. The minimum absolute atomic E-state index is 0.338. The summed E-state index contributed by atoms with van der Waals surface area (Å²) < 4.78 is 1.13. The molecule has 2 aromatic rings. The van der Waals surface area contributed by atoms with Crippen molar-refractivity contribution >= 4 is 21.6 Å². The van der Waals surface area contributed by atoms with E-state index in [1.165, 1.54) is 16.7 Å². The van der Waals surface area contributed by atoms with Gasteiger partial charge in [0.15, 0.2) is 0 Å². The molecule has 1 aliphatic rings. The summed E-state index contributed by atoms with van der Waals surface area (Å²) in [6.07, 6.45) is 2.10. The van der Waals surface area contributed by atoms with Gasteiger partial charge in [0, 0.05) is 10.2 Å². The van der Waals surface area contributed by atoms with Gasteiger partial charge in [0.05, 0.1) is 6.04 Å². The van der Waals surface area contributed by atoms with Gasteiger partial charge in [-0.1, -0.05) is 28.1 Å². The molecule has 19 heavy (non-hydrogen) atoms. The summed E-state index contributed by atoms with van der Waals surface area (Å²) >= 11 is 3.56. The molecule has 2 aromatic carbocycles. The number of fused-ring (bicyclic) bond motifs is 1. The average molecular weight is 318 g/mol. The van der Waals surface area contributed by atoms with Crippen molar-refractivity contribution in [2.75, 3.05) is 5.32 Å². The van der Waals surface area contributed by atoms with Gasteiger partial charge in [-0.05, 0) is 60.7 Å². The van der Waals surface area contributed by atoms with Crippen LogP contribution < -0.4 is 5.32 Å². The second kappa shape index (κ2) is 4.89. The fraction of sp³-hybridized carbons (Fsp3) is 0.250. The summed E-state index contributed by atoms with van der Waals surface area (Å²) in [4.78, 5) is 0. The standard InChI is InChI=1S/C16H16BrNO/c1-10-2-4-12(9-15(10)17)18-16-7-3-11-8-13(19)5-6-14(11)16/h2,4-6,8-9,16,18-19H,3,7H2,1H3. The Morgan fingerprint density at radius 3 is 2.84 bits per heavy atom. The predicted octanol–water partition coefficient (Wildman–Crippen LogP) is 4.56. The molecule has 0 spiro atoms. The summed E-state index contributed by atoms with van der Waals surface area (Å²) in [6.45, 7) is 2.08. The fourth-order valence-corrected chi connectivity index (χ4v) is 3.02. The van der Waals surface area contributed by atoms with Crippen LogP contribution in [0.5, 0.6) is 5.75 Å². The molecule has 0 heterocycles. The van der Waals surface area contributed by atoms with E-state index in [2.05, 4.69) is 46.4 Å². The van der Waals surface area contributed by atoms with E-state index in [4.69, 9.17) is 0 Å². The number of aryl methyl sites for hydroxylation is 2. The predicted molar refractivity (Wildman–Crippen MR) is 81.7 cm³/mol. The molecule has 2 N–H and O–H groups in total. The van der Waals surface area contributed by atoms with Gasteiger partial charge in [-0.25, -0.2) is 0 Å². The summed E-state index contributed by atoms with van der Waals surface area (Å²) in [7, 11) is 0. The highest BCUT2D eigenvalue weighted by molar-refractivity contribution is 9.10. The minimum Gasteiger partial charge on any atom is -0.508 e. The first-order valence-corrected chi connectivity index (χ1v) is 7.27. The van der Waals surface area contributed by atoms with Crippen molar-refractivity contribution in [2.24, 2.45) is 0 Å². The molecule has 3 heteroatoms. The lowest BCUT2D eigenvalue weighted by Crippen LogP contribution is -2.07. The summed E-state index contributed by atoms with van der Waals surface area (Å²) in [6, 6.07) is 12.3. The molecule has 0 saturated heterocycles. The third-order valence-corrected chi connectivity index (χ3v) is 4.57. The van der Waals surface area contributed by atoms with E-state index in [9.17, 15) is 5.11 Å². The van der Waals surface area contributed by atoms with E-state index in [-0.39, 0.29) is 0 Å². The van der Waals surface area contributed by atoms with Crippen LogP contribution in [0.3, 0.4) is 0 Å². The Kier molecular flexibility index (Phi) is 3.23. The molecule has 2 nitrogen and oxygen atoms in total. The maximum atomic E-state index is 9.51. The van der Waals surface area contributed by atoms with Crippen LogP contribution in [-0.2, 0) is 6.42 Å². The molecule has 0 aromatic heterocycles. The maximum absolute atomic E-state index is 9.51. The lowest BCUT2D eigenvalue weighted by molar-refractivity contribution is 0.474. The average Bonchev–Trinajstić information content (AvgIpc) is 2.76. The highest BCUT2D eigenvalue weighted by atomic mass is 79.9. The number of aromatic hydroxyl groups is 1. The molecule has 0 saturated carbocycles. The molecule has 1 atom stereocenters. The van der Waals surface area contributed by atoms with Crippen molar-refractivity contribution in [3.8, 4) is 5.75 Å². The first kappa shape index (κ1) is 12.5. The number of hydrogen-bond acceptors (Lipinski definition) is 2. The number of benzene rings is 2. The SMILES string of the molecule is Cc1ccc(NC2CCc3cc(O)ccc32)cc1Br. The van der Waals surface area contributed by atoms with E-state index >= 15 is 0 Å². The van der Waals surface area contributed by atoms with Gasteiger partial charge in [-0.3, -0.25) is 0 Å². The van der Waals surface area contributed by atoms with Gasteiger partial charge < -0.3 is 10.4 Å². The molecular weight excluding hydrogens is 302 g/mol. The number of halogens is 1. The smallest absolute Gasteiger partial charge is 0.115 e. The highest BCUT2D eigenvalue weighted by Crippen LogP contribution is 2.36. The zero-order valence-corrected chi connectivity index (χ0v) is 12.4. The van der Waals surface area contributed by atoms with E-state index in [1.807, 2.05) is 12.1 Å². The number of nitrogens with one attached hydrogen (secondary N) is 1. The van der Waals surface area contributed by atoms with E-state index in [0.717, 1.165) is 23.0 Å². The zero-order chi connectivity index (χ0) is 13.4. The summed E-state index contributed by atoms with van der Waals surface area (Å²) in [5.41, 5.74) is 4.92. The van der Waals surface area contributed by atoms with Crippen LogP contribution in [0.15, 0.2) is 40.9 Å². The molecule has 0 amide bonds. The normalized spacial score (nSPS) is 17.3. The summed E-state index contributed by atoms with van der Waals surface area (Å²) in [5.74, 6) is 0.359. The van der Waals surface area contributed by atoms with Crippen LogP contribution in [0.4, 0.5) is 5.69 Å². The molecule has 3 rings (SSSR count). The summed E-state index contributed by atoms with van der Waals surface area (Å²) in [5, 5.41) is 13.1. The second-order valence-corrected chi connectivity index (χ2v) is 5.94. The van der Waals surface area contributed by atoms with Crippen LogP contribution in [0.25, 0.3) is 0 Å². The van der Waals surface area contributed by atoms with Crippen LogP contribution in [0, 0.1) is 6.92 Å². The van der Waals surface area contributed by atoms with E-state index in [0.29, 0.717) is 11.8 Å². The lowest BCUT2D eigenvalue weighted by Gasteiger charge is -2.16. The largest absolute Gasteiger partial charge is 0.508 e. The Morgan fingerprint density at radius 1 is 1.21 bits per heavy atom. The molecule has 1 unspecified atom stereocenters. The Labute approximate surface area is 121 Å². The Bertz CT molecular complexity index is 624. The quantitative estimate of drug-likeness (QED) is 0.850. The highest BCUT2D eigenvalue weighted by Gasteiger charge is 2.22. The first-order valence-electron chi connectivity index (χ1n) is 6.48. The first-order chi connectivity index (χ1) is 9.13.